The van der Waals surface area contributed by atoms with E-state index in [1.54, 1.807) is 7.11 Å². The molecule has 0 saturated carbocycles. The maximum absolute atomic E-state index is 6.06. The van der Waals surface area contributed by atoms with Gasteiger partial charge in [0.15, 0.2) is 11.5 Å². The number of para-hydroxylation sites is 1. The number of ether oxygens (including phenoxy) is 3. The Labute approximate surface area is 215 Å². The second-order valence-electron chi connectivity index (χ2n) is 7.12. The van der Waals surface area contributed by atoms with Gasteiger partial charge in [-0.1, -0.05) is 46.3 Å². The van der Waals surface area contributed by atoms with Crippen LogP contribution in [0.15, 0.2) is 100 Å². The van der Waals surface area contributed by atoms with E-state index in [0.29, 0.717) is 12.4 Å². The molecule has 0 radical (unpaired) electrons. The maximum Gasteiger partial charge on any atom is 0.174 e. The highest BCUT2D eigenvalue weighted by Crippen LogP contribution is 2.34. The van der Waals surface area contributed by atoms with Gasteiger partial charge in [-0.15, -0.1) is 0 Å². The Hall–Kier alpha value is -2.84. The molecule has 0 fully saturated rings. The Morgan fingerprint density at radius 3 is 2.27 bits per heavy atom. The average molecular weight is 614 g/mol. The summed E-state index contributed by atoms with van der Waals surface area (Å²) in [4.78, 5) is 4.59. The van der Waals surface area contributed by atoms with Crippen molar-refractivity contribution in [2.45, 2.75) is 6.61 Å². The molecule has 0 aliphatic heterocycles. The first-order chi connectivity index (χ1) is 16.1. The van der Waals surface area contributed by atoms with Gasteiger partial charge in [-0.25, -0.2) is 0 Å². The highest BCUT2D eigenvalue weighted by Gasteiger charge is 2.11. The number of methoxy groups -OCH3 is 1. The molecule has 0 amide bonds. The molecule has 4 rings (SSSR count). The van der Waals surface area contributed by atoms with Crippen LogP contribution >= 0.6 is 38.5 Å². The lowest BCUT2D eigenvalue weighted by Gasteiger charge is -2.13. The summed E-state index contributed by atoms with van der Waals surface area (Å²) < 4.78 is 19.5. The van der Waals surface area contributed by atoms with E-state index < -0.39 is 0 Å². The van der Waals surface area contributed by atoms with Gasteiger partial charge in [-0.3, -0.25) is 4.99 Å². The molecule has 33 heavy (non-hydrogen) atoms. The summed E-state index contributed by atoms with van der Waals surface area (Å²) in [6.45, 7) is 0.463. The zero-order valence-corrected chi connectivity index (χ0v) is 21.6. The summed E-state index contributed by atoms with van der Waals surface area (Å²) in [5.41, 5.74) is 2.85. The summed E-state index contributed by atoms with van der Waals surface area (Å²) in [6.07, 6.45) is 1.82. The lowest BCUT2D eigenvalue weighted by atomic mass is 10.2. The molecule has 0 N–H and O–H groups in total. The maximum atomic E-state index is 6.06. The van der Waals surface area contributed by atoms with Gasteiger partial charge in [0.1, 0.15) is 18.1 Å². The first kappa shape index (κ1) is 23.3. The summed E-state index contributed by atoms with van der Waals surface area (Å²) in [5, 5.41) is 0. The number of hydrogen-bond donors (Lipinski definition) is 0. The van der Waals surface area contributed by atoms with Crippen molar-refractivity contribution in [2.75, 3.05) is 7.11 Å². The van der Waals surface area contributed by atoms with Gasteiger partial charge in [0.05, 0.1) is 16.4 Å². The van der Waals surface area contributed by atoms with E-state index in [0.717, 1.165) is 42.1 Å². The largest absolute Gasteiger partial charge is 0.493 e. The van der Waals surface area contributed by atoms with Crippen LogP contribution in [0.25, 0.3) is 0 Å². The van der Waals surface area contributed by atoms with Crippen molar-refractivity contribution in [3.05, 3.63) is 110 Å². The van der Waals surface area contributed by atoms with Crippen LogP contribution in [-0.2, 0) is 6.61 Å². The van der Waals surface area contributed by atoms with Crippen molar-refractivity contribution in [3.63, 3.8) is 0 Å². The monoisotopic (exact) mass is 613 g/mol. The number of benzene rings is 4. The number of nitrogens with zero attached hydrogens (tertiary/aromatic N) is 1. The Kier molecular flexibility index (Phi) is 8.01. The van der Waals surface area contributed by atoms with Gasteiger partial charge in [0.25, 0.3) is 0 Å². The normalized spacial score (nSPS) is 10.9. The Bertz CT molecular complexity index is 1230. The predicted octanol–water partition coefficient (Wildman–Crippen LogP) is 8.18. The number of rotatable bonds is 8. The fourth-order valence-electron chi connectivity index (χ4n) is 3.06. The van der Waals surface area contributed by atoms with E-state index >= 15 is 0 Å². The van der Waals surface area contributed by atoms with Crippen molar-refractivity contribution in [3.8, 4) is 23.0 Å². The SMILES string of the molecule is COc1cc(C=Nc2ccc(Oc3ccccc3)cc2)cc(I)c1OCc1ccc(Br)cc1. The van der Waals surface area contributed by atoms with Crippen molar-refractivity contribution < 1.29 is 14.2 Å². The molecule has 4 aromatic rings. The molecule has 0 atom stereocenters. The molecular formula is C27H21BrINO3. The van der Waals surface area contributed by atoms with Gasteiger partial charge < -0.3 is 14.2 Å². The summed E-state index contributed by atoms with van der Waals surface area (Å²) in [6, 6.07) is 29.4. The fourth-order valence-corrected chi connectivity index (χ4v) is 4.11. The predicted molar refractivity (Wildman–Crippen MR) is 144 cm³/mol. The van der Waals surface area contributed by atoms with Crippen LogP contribution in [0.4, 0.5) is 5.69 Å². The number of aliphatic imine (C=N–C) groups is 1. The number of halogens is 2. The fraction of sp³-hybridized carbons (Fsp3) is 0.0741. The van der Waals surface area contributed by atoms with Crippen LogP contribution in [0.5, 0.6) is 23.0 Å². The van der Waals surface area contributed by atoms with E-state index in [1.165, 1.54) is 0 Å². The zero-order valence-electron chi connectivity index (χ0n) is 17.9. The first-order valence-corrected chi connectivity index (χ1v) is 12.1. The lowest BCUT2D eigenvalue weighted by molar-refractivity contribution is 0.282. The minimum absolute atomic E-state index is 0.463. The van der Waals surface area contributed by atoms with E-state index in [-0.39, 0.29) is 0 Å². The van der Waals surface area contributed by atoms with Gasteiger partial charge in [0, 0.05) is 10.7 Å². The van der Waals surface area contributed by atoms with Crippen molar-refractivity contribution in [1.29, 1.82) is 0 Å². The minimum atomic E-state index is 0.463. The topological polar surface area (TPSA) is 40.0 Å². The molecule has 0 bridgehead atoms. The summed E-state index contributed by atoms with van der Waals surface area (Å²) >= 11 is 5.71. The van der Waals surface area contributed by atoms with Crippen LogP contribution < -0.4 is 14.2 Å². The Morgan fingerprint density at radius 1 is 0.879 bits per heavy atom. The third-order valence-electron chi connectivity index (χ3n) is 4.73. The van der Waals surface area contributed by atoms with E-state index in [2.05, 4.69) is 43.5 Å². The van der Waals surface area contributed by atoms with Crippen LogP contribution in [0.3, 0.4) is 0 Å². The standard InChI is InChI=1S/C27H21BrINO3/c1-31-26-16-20(15-25(29)27(26)32-18-19-7-9-21(28)10-8-19)17-30-22-11-13-24(14-12-22)33-23-5-3-2-4-6-23/h2-17H,18H2,1H3. The smallest absolute Gasteiger partial charge is 0.174 e. The van der Waals surface area contributed by atoms with Crippen molar-refractivity contribution in [2.24, 2.45) is 4.99 Å². The third-order valence-corrected chi connectivity index (χ3v) is 6.06. The molecule has 0 aliphatic carbocycles. The molecule has 0 aliphatic rings. The van der Waals surface area contributed by atoms with Crippen LogP contribution in [0, 0.1) is 3.57 Å². The molecular weight excluding hydrogens is 593 g/mol. The quantitative estimate of drug-likeness (QED) is 0.149. The van der Waals surface area contributed by atoms with E-state index in [4.69, 9.17) is 14.2 Å². The molecule has 0 unspecified atom stereocenters. The summed E-state index contributed by atoms with van der Waals surface area (Å²) in [7, 11) is 1.64. The highest BCUT2D eigenvalue weighted by atomic mass is 127. The zero-order chi connectivity index (χ0) is 23.0. The van der Waals surface area contributed by atoms with E-state index in [9.17, 15) is 0 Å². The molecule has 4 nitrogen and oxygen atoms in total. The van der Waals surface area contributed by atoms with Crippen LogP contribution in [0.1, 0.15) is 11.1 Å². The number of hydrogen-bond acceptors (Lipinski definition) is 4. The average Bonchev–Trinajstić information content (AvgIpc) is 2.84. The molecule has 166 valence electrons. The molecule has 0 saturated heterocycles. The van der Waals surface area contributed by atoms with E-state index in [1.807, 2.05) is 97.2 Å². The first-order valence-electron chi connectivity index (χ1n) is 10.2. The second kappa shape index (κ2) is 11.3. The summed E-state index contributed by atoms with van der Waals surface area (Å²) in [5.74, 6) is 2.97. The highest BCUT2D eigenvalue weighted by molar-refractivity contribution is 14.1. The molecule has 0 spiro atoms. The van der Waals surface area contributed by atoms with Crippen molar-refractivity contribution in [1.82, 2.24) is 0 Å². The molecule has 6 heteroatoms. The molecule has 0 heterocycles. The Morgan fingerprint density at radius 2 is 1.58 bits per heavy atom. The second-order valence-corrected chi connectivity index (χ2v) is 9.19. The van der Waals surface area contributed by atoms with Gasteiger partial charge >= 0.3 is 0 Å². The van der Waals surface area contributed by atoms with Gasteiger partial charge in [0.2, 0.25) is 0 Å². The molecule has 4 aromatic carbocycles. The Balaban J connectivity index is 1.44. The van der Waals surface area contributed by atoms with Crippen LogP contribution in [-0.4, -0.2) is 13.3 Å². The van der Waals surface area contributed by atoms with Gasteiger partial charge in [-0.05, 0) is 94.4 Å². The van der Waals surface area contributed by atoms with Gasteiger partial charge in [-0.2, -0.15) is 0 Å². The third kappa shape index (κ3) is 6.58. The lowest BCUT2D eigenvalue weighted by Crippen LogP contribution is -2.00. The molecule has 0 aromatic heterocycles. The van der Waals surface area contributed by atoms with Crippen molar-refractivity contribution >= 4 is 50.4 Å². The minimum Gasteiger partial charge on any atom is -0.493 e. The van der Waals surface area contributed by atoms with Crippen LogP contribution in [0.2, 0.25) is 0 Å².